The Morgan fingerprint density at radius 2 is 1.80 bits per heavy atom. The first-order chi connectivity index (χ1) is 19.5. The van der Waals surface area contributed by atoms with E-state index in [0.29, 0.717) is 28.4 Å². The first-order valence-corrected chi connectivity index (χ1v) is 14.4. The molecule has 0 bridgehead atoms. The van der Waals surface area contributed by atoms with Crippen LogP contribution in [-0.2, 0) is 16.0 Å². The van der Waals surface area contributed by atoms with Crippen LogP contribution in [0.1, 0.15) is 11.1 Å². The highest BCUT2D eigenvalue weighted by molar-refractivity contribution is 7.99. The Bertz CT molecular complexity index is 1460. The quantitative estimate of drug-likeness (QED) is 0.288. The summed E-state index contributed by atoms with van der Waals surface area (Å²) in [6, 6.07) is 21.8. The van der Waals surface area contributed by atoms with Gasteiger partial charge >= 0.3 is 0 Å². The monoisotopic (exact) mass is 573 g/mol. The standard InChI is InChI=1S/C29H28ClN7O2S/c30-23-7-12-27(37-20-31-34-35-37)22(19-23)6-13-28(38)33-26(18-21-4-2-1-3-5-21)29(39)32-24-8-10-25(11-9-24)36-14-16-40-17-15-36/h1-13,19-20,26H,14-18H2,(H,32,39)(H,33,38)/b13-6+/t26-/m0/s1. The number of anilines is 2. The Labute approximate surface area is 241 Å². The van der Waals surface area contributed by atoms with Crippen molar-refractivity contribution in [3.8, 4) is 5.69 Å². The van der Waals surface area contributed by atoms with E-state index in [4.69, 9.17) is 11.6 Å². The maximum atomic E-state index is 13.4. The lowest BCUT2D eigenvalue weighted by molar-refractivity contribution is -0.123. The highest BCUT2D eigenvalue weighted by atomic mass is 35.5. The SMILES string of the molecule is O=C(/C=C/c1cc(Cl)ccc1-n1cnnn1)N[C@@H](Cc1ccccc1)C(=O)Nc1ccc(N2CCSCC2)cc1. The van der Waals surface area contributed by atoms with E-state index in [1.807, 2.05) is 66.4 Å². The van der Waals surface area contributed by atoms with E-state index < -0.39 is 11.9 Å². The zero-order valence-electron chi connectivity index (χ0n) is 21.6. The summed E-state index contributed by atoms with van der Waals surface area (Å²) in [4.78, 5) is 28.7. The van der Waals surface area contributed by atoms with Crippen LogP contribution in [0.4, 0.5) is 11.4 Å². The van der Waals surface area contributed by atoms with Crippen molar-refractivity contribution in [1.29, 1.82) is 0 Å². The molecule has 11 heteroatoms. The van der Waals surface area contributed by atoms with Gasteiger partial charge < -0.3 is 15.5 Å². The minimum atomic E-state index is -0.795. The van der Waals surface area contributed by atoms with Crippen molar-refractivity contribution >= 4 is 52.6 Å². The first-order valence-electron chi connectivity index (χ1n) is 12.8. The number of hydrogen-bond donors (Lipinski definition) is 2. The van der Waals surface area contributed by atoms with Crippen molar-refractivity contribution in [2.45, 2.75) is 12.5 Å². The van der Waals surface area contributed by atoms with Crippen LogP contribution in [0.5, 0.6) is 0 Å². The van der Waals surface area contributed by atoms with Gasteiger partial charge in [-0.3, -0.25) is 9.59 Å². The zero-order valence-corrected chi connectivity index (χ0v) is 23.2. The van der Waals surface area contributed by atoms with Crippen LogP contribution in [-0.4, -0.2) is 62.7 Å². The number of benzene rings is 3. The summed E-state index contributed by atoms with van der Waals surface area (Å²) in [5.74, 6) is 1.51. The fourth-order valence-corrected chi connectivity index (χ4v) is 5.47. The van der Waals surface area contributed by atoms with Crippen molar-refractivity contribution in [2.75, 3.05) is 34.8 Å². The van der Waals surface area contributed by atoms with Gasteiger partial charge in [-0.25, -0.2) is 0 Å². The zero-order chi connectivity index (χ0) is 27.7. The van der Waals surface area contributed by atoms with E-state index in [-0.39, 0.29) is 5.91 Å². The number of carbonyl (C=O) groups is 2. The molecule has 4 aromatic rings. The molecule has 2 amide bonds. The van der Waals surface area contributed by atoms with Crippen LogP contribution in [0, 0.1) is 0 Å². The van der Waals surface area contributed by atoms with Gasteiger partial charge in [0.05, 0.1) is 5.69 Å². The summed E-state index contributed by atoms with van der Waals surface area (Å²) >= 11 is 8.15. The van der Waals surface area contributed by atoms with E-state index in [1.54, 1.807) is 24.3 Å². The van der Waals surface area contributed by atoms with Gasteiger partial charge in [0, 0.05) is 59.1 Å². The van der Waals surface area contributed by atoms with Crippen molar-refractivity contribution in [2.24, 2.45) is 0 Å². The van der Waals surface area contributed by atoms with Crippen molar-refractivity contribution in [1.82, 2.24) is 25.5 Å². The molecule has 1 atom stereocenters. The molecular weight excluding hydrogens is 546 g/mol. The topological polar surface area (TPSA) is 105 Å². The molecule has 0 unspecified atom stereocenters. The van der Waals surface area contributed by atoms with Crippen LogP contribution >= 0.6 is 23.4 Å². The molecule has 0 saturated carbocycles. The average molecular weight is 574 g/mol. The molecule has 1 fully saturated rings. The summed E-state index contributed by atoms with van der Waals surface area (Å²) < 4.78 is 1.48. The Balaban J connectivity index is 1.29. The minimum absolute atomic E-state index is 0.301. The molecule has 0 aliphatic carbocycles. The lowest BCUT2D eigenvalue weighted by Gasteiger charge is -2.28. The number of hydrogen-bond acceptors (Lipinski definition) is 7. The van der Waals surface area contributed by atoms with Crippen LogP contribution in [0.15, 0.2) is 85.2 Å². The van der Waals surface area contributed by atoms with Crippen molar-refractivity contribution < 1.29 is 9.59 Å². The van der Waals surface area contributed by atoms with Crippen molar-refractivity contribution in [3.05, 3.63) is 101 Å². The Hall–Kier alpha value is -4.15. The highest BCUT2D eigenvalue weighted by Gasteiger charge is 2.21. The number of carbonyl (C=O) groups excluding carboxylic acids is 2. The summed E-state index contributed by atoms with van der Waals surface area (Å²) in [5, 5.41) is 17.6. The van der Waals surface area contributed by atoms with Gasteiger partial charge in [-0.05, 0) is 64.5 Å². The number of aromatic nitrogens is 4. The molecule has 1 aliphatic rings. The first kappa shape index (κ1) is 27.4. The normalized spacial score (nSPS) is 14.2. The fourth-order valence-electron chi connectivity index (χ4n) is 4.39. The number of amides is 2. The summed E-state index contributed by atoms with van der Waals surface area (Å²) in [5.41, 5.74) is 4.05. The van der Waals surface area contributed by atoms with Gasteiger partial charge in [0.1, 0.15) is 12.4 Å². The molecule has 5 rings (SSSR count). The fraction of sp³-hybridized carbons (Fsp3) is 0.207. The van der Waals surface area contributed by atoms with Gasteiger partial charge in [0.15, 0.2) is 0 Å². The third kappa shape index (κ3) is 7.28. The second kappa shape index (κ2) is 13.3. The molecular formula is C29H28ClN7O2S. The van der Waals surface area contributed by atoms with Gasteiger partial charge in [-0.15, -0.1) is 5.10 Å². The van der Waals surface area contributed by atoms with Crippen LogP contribution < -0.4 is 15.5 Å². The van der Waals surface area contributed by atoms with E-state index in [1.165, 1.54) is 17.1 Å². The van der Waals surface area contributed by atoms with Crippen molar-refractivity contribution in [3.63, 3.8) is 0 Å². The Morgan fingerprint density at radius 3 is 2.52 bits per heavy atom. The van der Waals surface area contributed by atoms with E-state index in [0.717, 1.165) is 35.8 Å². The van der Waals surface area contributed by atoms with E-state index >= 15 is 0 Å². The summed E-state index contributed by atoms with van der Waals surface area (Å²) in [7, 11) is 0. The van der Waals surface area contributed by atoms with Crippen LogP contribution in [0.2, 0.25) is 5.02 Å². The van der Waals surface area contributed by atoms with Gasteiger partial charge in [-0.2, -0.15) is 16.4 Å². The van der Waals surface area contributed by atoms with Gasteiger partial charge in [0.2, 0.25) is 11.8 Å². The second-order valence-electron chi connectivity index (χ2n) is 9.18. The van der Waals surface area contributed by atoms with E-state index in [9.17, 15) is 9.59 Å². The predicted octanol–water partition coefficient (Wildman–Crippen LogP) is 4.25. The molecule has 0 spiro atoms. The molecule has 2 heterocycles. The molecule has 204 valence electrons. The number of nitrogens with one attached hydrogen (secondary N) is 2. The number of halogens is 1. The number of thioether (sulfide) groups is 1. The minimum Gasteiger partial charge on any atom is -0.370 e. The maximum absolute atomic E-state index is 13.4. The number of rotatable bonds is 9. The lowest BCUT2D eigenvalue weighted by Crippen LogP contribution is -2.44. The van der Waals surface area contributed by atoms with E-state index in [2.05, 4.69) is 31.1 Å². The Kier molecular flexibility index (Phi) is 9.10. The smallest absolute Gasteiger partial charge is 0.247 e. The molecule has 9 nitrogen and oxygen atoms in total. The van der Waals surface area contributed by atoms with Gasteiger partial charge in [0.25, 0.3) is 0 Å². The van der Waals surface area contributed by atoms with Crippen LogP contribution in [0.3, 0.4) is 0 Å². The van der Waals surface area contributed by atoms with Gasteiger partial charge in [-0.1, -0.05) is 41.9 Å². The summed E-state index contributed by atoms with van der Waals surface area (Å²) in [6.07, 6.45) is 4.78. The molecule has 1 saturated heterocycles. The number of tetrazole rings is 1. The molecule has 3 aromatic carbocycles. The largest absolute Gasteiger partial charge is 0.370 e. The number of nitrogens with zero attached hydrogens (tertiary/aromatic N) is 5. The highest BCUT2D eigenvalue weighted by Crippen LogP contribution is 2.22. The maximum Gasteiger partial charge on any atom is 0.247 e. The molecule has 2 N–H and O–H groups in total. The molecule has 0 radical (unpaired) electrons. The Morgan fingerprint density at radius 1 is 1.02 bits per heavy atom. The summed E-state index contributed by atoms with van der Waals surface area (Å²) in [6.45, 7) is 2.03. The van der Waals surface area contributed by atoms with Crippen LogP contribution in [0.25, 0.3) is 11.8 Å². The molecule has 1 aromatic heterocycles. The predicted molar refractivity (Wildman–Crippen MR) is 160 cm³/mol. The molecule has 1 aliphatic heterocycles. The third-order valence-corrected chi connectivity index (χ3v) is 7.60. The average Bonchev–Trinajstić information content (AvgIpc) is 3.52. The molecule has 40 heavy (non-hydrogen) atoms. The lowest BCUT2D eigenvalue weighted by atomic mass is 10.0. The third-order valence-electron chi connectivity index (χ3n) is 6.43. The second-order valence-corrected chi connectivity index (χ2v) is 10.8.